The molecule has 4 N–H and O–H groups in total. The summed E-state index contributed by atoms with van der Waals surface area (Å²) in [6, 6.07) is -1.58. The van der Waals surface area contributed by atoms with Gasteiger partial charge in [-0.2, -0.15) is 0 Å². The van der Waals surface area contributed by atoms with Crippen LogP contribution in [-0.2, 0) is 11.2 Å². The van der Waals surface area contributed by atoms with Gasteiger partial charge in [-0.3, -0.25) is 0 Å². The number of carbonyl (C=O) groups excluding carboxylic acids is 1. The van der Waals surface area contributed by atoms with Crippen LogP contribution < -0.4 is 5.32 Å². The molecule has 0 saturated heterocycles. The van der Waals surface area contributed by atoms with Crippen LogP contribution >= 0.6 is 0 Å². The molecule has 8 nitrogen and oxygen atoms in total. The van der Waals surface area contributed by atoms with Crippen molar-refractivity contribution in [1.82, 2.24) is 20.2 Å². The summed E-state index contributed by atoms with van der Waals surface area (Å²) in [5.74, 6) is -1.13. The lowest BCUT2D eigenvalue weighted by Gasteiger charge is -2.29. The lowest BCUT2D eigenvalue weighted by molar-refractivity contribution is -0.139. The van der Waals surface area contributed by atoms with E-state index >= 15 is 0 Å². The van der Waals surface area contributed by atoms with Crippen LogP contribution in [0.1, 0.15) is 26.5 Å². The van der Waals surface area contributed by atoms with E-state index in [9.17, 15) is 19.8 Å². The van der Waals surface area contributed by atoms with Gasteiger partial charge in [-0.25, -0.2) is 14.6 Å². The van der Waals surface area contributed by atoms with Crippen LogP contribution in [0.3, 0.4) is 0 Å². The number of carboxylic acids is 1. The number of H-pyrrole nitrogens is 1. The zero-order chi connectivity index (χ0) is 16.0. The number of amides is 2. The Balaban J connectivity index is 2.69. The van der Waals surface area contributed by atoms with Gasteiger partial charge in [-0.05, 0) is 20.8 Å². The first-order chi connectivity index (χ1) is 9.73. The molecule has 1 rings (SSSR count). The molecule has 1 aromatic rings. The number of hydrogen-bond donors (Lipinski definition) is 4. The number of carboxylic acid groups (broad SMARTS) is 1. The molecular formula is C13H22N4O4. The van der Waals surface area contributed by atoms with Gasteiger partial charge in [0.2, 0.25) is 0 Å². The predicted molar refractivity (Wildman–Crippen MR) is 75.8 cm³/mol. The number of imidazole rings is 1. The summed E-state index contributed by atoms with van der Waals surface area (Å²) >= 11 is 0. The van der Waals surface area contributed by atoms with Gasteiger partial charge in [0.25, 0.3) is 0 Å². The van der Waals surface area contributed by atoms with E-state index in [1.54, 1.807) is 20.8 Å². The number of aromatic amines is 1. The van der Waals surface area contributed by atoms with Crippen LogP contribution in [-0.4, -0.2) is 61.8 Å². The summed E-state index contributed by atoms with van der Waals surface area (Å²) in [6.07, 6.45) is 3.07. The minimum atomic E-state index is -1.13. The maximum Gasteiger partial charge on any atom is 0.326 e. The molecule has 1 heterocycles. The smallest absolute Gasteiger partial charge is 0.326 e. The quantitative estimate of drug-likeness (QED) is 0.574. The van der Waals surface area contributed by atoms with E-state index in [-0.39, 0.29) is 13.0 Å². The average molecular weight is 298 g/mol. The monoisotopic (exact) mass is 298 g/mol. The summed E-state index contributed by atoms with van der Waals surface area (Å²) in [5, 5.41) is 21.4. The summed E-state index contributed by atoms with van der Waals surface area (Å²) < 4.78 is 0. The topological polar surface area (TPSA) is 119 Å². The number of nitrogens with zero attached hydrogens (tertiary/aromatic N) is 2. The summed E-state index contributed by atoms with van der Waals surface area (Å²) in [4.78, 5) is 31.3. The highest BCUT2D eigenvalue weighted by molar-refractivity contribution is 5.82. The summed E-state index contributed by atoms with van der Waals surface area (Å²) in [7, 11) is 0. The van der Waals surface area contributed by atoms with Gasteiger partial charge in [0.15, 0.2) is 0 Å². The van der Waals surface area contributed by atoms with Crippen molar-refractivity contribution in [2.45, 2.75) is 38.8 Å². The molecule has 1 atom stereocenters. The van der Waals surface area contributed by atoms with E-state index < -0.39 is 23.6 Å². The highest BCUT2D eigenvalue weighted by Crippen LogP contribution is 2.06. The number of aromatic nitrogens is 2. The number of nitrogens with one attached hydrogen (secondary N) is 2. The molecule has 2 amide bonds. The Morgan fingerprint density at radius 1 is 1.52 bits per heavy atom. The predicted octanol–water partition coefficient (Wildman–Crippen LogP) is 0.208. The van der Waals surface area contributed by atoms with Crippen LogP contribution in [0.15, 0.2) is 12.5 Å². The number of urea groups is 1. The zero-order valence-corrected chi connectivity index (χ0v) is 12.5. The third kappa shape index (κ3) is 5.82. The van der Waals surface area contributed by atoms with E-state index in [4.69, 9.17) is 0 Å². The van der Waals surface area contributed by atoms with Crippen molar-refractivity contribution in [3.05, 3.63) is 18.2 Å². The van der Waals surface area contributed by atoms with Crippen molar-refractivity contribution in [3.8, 4) is 0 Å². The number of hydrogen-bond acceptors (Lipinski definition) is 4. The number of rotatable bonds is 7. The fourth-order valence-corrected chi connectivity index (χ4v) is 1.85. The first kappa shape index (κ1) is 17.0. The Hall–Kier alpha value is -2.09. The molecule has 0 aliphatic heterocycles. The summed E-state index contributed by atoms with van der Waals surface area (Å²) in [6.45, 7) is 5.42. The molecular weight excluding hydrogens is 276 g/mol. The average Bonchev–Trinajstić information content (AvgIpc) is 2.86. The first-order valence-corrected chi connectivity index (χ1v) is 6.71. The Labute approximate surface area is 123 Å². The number of aliphatic hydroxyl groups is 1. The third-order valence-corrected chi connectivity index (χ3v) is 2.82. The van der Waals surface area contributed by atoms with Crippen molar-refractivity contribution in [1.29, 1.82) is 0 Å². The molecule has 0 aliphatic rings. The molecule has 0 radical (unpaired) electrons. The lowest BCUT2D eigenvalue weighted by Crippen LogP contribution is -2.52. The first-order valence-electron chi connectivity index (χ1n) is 6.71. The number of aliphatic carboxylic acids is 1. The molecule has 0 fully saturated rings. The normalized spacial score (nSPS) is 12.8. The fraction of sp³-hybridized carbons (Fsp3) is 0.615. The molecule has 0 saturated carbocycles. The van der Waals surface area contributed by atoms with Crippen molar-refractivity contribution >= 4 is 12.0 Å². The van der Waals surface area contributed by atoms with Gasteiger partial charge < -0.3 is 25.4 Å². The Bertz CT molecular complexity index is 467. The minimum absolute atomic E-state index is 0.112. The molecule has 1 aromatic heterocycles. The second-order valence-corrected chi connectivity index (χ2v) is 5.45. The number of likely N-dealkylation sites (N-methyl/N-ethyl adjacent to an activating group) is 1. The van der Waals surface area contributed by atoms with E-state index in [0.717, 1.165) is 0 Å². The van der Waals surface area contributed by atoms with Gasteiger partial charge in [0.1, 0.15) is 6.04 Å². The second kappa shape index (κ2) is 7.07. The van der Waals surface area contributed by atoms with Crippen molar-refractivity contribution in [3.63, 3.8) is 0 Å². The maximum absolute atomic E-state index is 12.1. The van der Waals surface area contributed by atoms with Crippen LogP contribution in [0.25, 0.3) is 0 Å². The Morgan fingerprint density at radius 3 is 2.62 bits per heavy atom. The van der Waals surface area contributed by atoms with Gasteiger partial charge in [0, 0.05) is 24.9 Å². The highest BCUT2D eigenvalue weighted by atomic mass is 16.4. The van der Waals surface area contributed by atoms with Crippen LogP contribution in [0, 0.1) is 0 Å². The summed E-state index contributed by atoms with van der Waals surface area (Å²) in [5.41, 5.74) is -0.427. The molecule has 0 aliphatic carbocycles. The third-order valence-electron chi connectivity index (χ3n) is 2.82. The molecule has 0 spiro atoms. The van der Waals surface area contributed by atoms with Crippen molar-refractivity contribution in [2.75, 3.05) is 13.1 Å². The maximum atomic E-state index is 12.1. The van der Waals surface area contributed by atoms with Crippen LogP contribution in [0.4, 0.5) is 4.79 Å². The van der Waals surface area contributed by atoms with Gasteiger partial charge in [-0.1, -0.05) is 0 Å². The van der Waals surface area contributed by atoms with Gasteiger partial charge >= 0.3 is 12.0 Å². The van der Waals surface area contributed by atoms with Crippen LogP contribution in [0.5, 0.6) is 0 Å². The van der Waals surface area contributed by atoms with Gasteiger partial charge in [0.05, 0.1) is 18.5 Å². The second-order valence-electron chi connectivity index (χ2n) is 5.45. The molecule has 21 heavy (non-hydrogen) atoms. The van der Waals surface area contributed by atoms with E-state index in [0.29, 0.717) is 12.2 Å². The highest BCUT2D eigenvalue weighted by Gasteiger charge is 2.26. The van der Waals surface area contributed by atoms with Crippen LogP contribution in [0.2, 0.25) is 0 Å². The Morgan fingerprint density at radius 2 is 2.19 bits per heavy atom. The molecule has 8 heteroatoms. The lowest BCUT2D eigenvalue weighted by atomic mass is 10.1. The Kier molecular flexibility index (Phi) is 5.71. The molecule has 0 aromatic carbocycles. The minimum Gasteiger partial charge on any atom is -0.480 e. The molecule has 118 valence electrons. The molecule has 0 bridgehead atoms. The van der Waals surface area contributed by atoms with E-state index in [1.165, 1.54) is 17.4 Å². The van der Waals surface area contributed by atoms with Crippen molar-refractivity contribution < 1.29 is 19.8 Å². The zero-order valence-electron chi connectivity index (χ0n) is 12.5. The van der Waals surface area contributed by atoms with E-state index in [2.05, 4.69) is 15.3 Å². The van der Waals surface area contributed by atoms with E-state index in [1.807, 2.05) is 0 Å². The largest absolute Gasteiger partial charge is 0.480 e. The SMILES string of the molecule is CCN(CC(C)(C)O)C(=O)N[C@H](Cc1cnc[nH]1)C(=O)O. The molecule has 0 unspecified atom stereocenters. The van der Waals surface area contributed by atoms with Gasteiger partial charge in [-0.15, -0.1) is 0 Å². The van der Waals surface area contributed by atoms with Crippen molar-refractivity contribution in [2.24, 2.45) is 0 Å². The standard InChI is InChI=1S/C13H22N4O4/c1-4-17(7-13(2,3)21)12(20)16-10(11(18)19)5-9-6-14-8-15-9/h6,8,10,21H,4-5,7H2,1-3H3,(H,14,15)(H,16,20)(H,18,19)/t10-/m1/s1. The number of carbonyl (C=O) groups is 2. The fourth-order valence-electron chi connectivity index (χ4n) is 1.85.